The Hall–Kier alpha value is -2.21. The first kappa shape index (κ1) is 13.8. The van der Waals surface area contributed by atoms with E-state index >= 15 is 0 Å². The molecule has 0 unspecified atom stereocenters. The van der Waals surface area contributed by atoms with E-state index in [1.165, 1.54) is 0 Å². The molecule has 1 aliphatic carbocycles. The van der Waals surface area contributed by atoms with Gasteiger partial charge < -0.3 is 11.5 Å². The number of halogens is 1. The normalized spacial score (nSPS) is 20.2. The molecule has 2 aliphatic rings. The molecular weight excluding hydrogens is 292 g/mol. The molecule has 1 aromatic rings. The zero-order chi connectivity index (χ0) is 15.3. The second-order valence-electron chi connectivity index (χ2n) is 5.19. The molecule has 2 heterocycles. The zero-order valence-corrected chi connectivity index (χ0v) is 12.3. The highest BCUT2D eigenvalue weighted by Gasteiger charge is 2.24. The number of rotatable bonds is 1. The van der Waals surface area contributed by atoms with E-state index in [2.05, 4.69) is 0 Å². The lowest BCUT2D eigenvalue weighted by molar-refractivity contribution is -0.111. The number of fused-ring (bicyclic) bond motifs is 1. The quantitative estimate of drug-likeness (QED) is 0.807. The van der Waals surface area contributed by atoms with Crippen LogP contribution in [0.1, 0.15) is 18.9 Å². The zero-order valence-electron chi connectivity index (χ0n) is 11.5. The molecule has 0 atom stereocenters. The number of Topliss-reactive ketones (excluding diaryl/α,β-unsaturated/α-hetero) is 1. The van der Waals surface area contributed by atoms with Gasteiger partial charge in [0, 0.05) is 18.7 Å². The molecule has 0 radical (unpaired) electrons. The van der Waals surface area contributed by atoms with Gasteiger partial charge in [0.15, 0.2) is 0 Å². The molecule has 0 spiro atoms. The van der Waals surface area contributed by atoms with Crippen molar-refractivity contribution in [3.8, 4) is 0 Å². The lowest BCUT2D eigenvalue weighted by Crippen LogP contribution is -2.18. The molecule has 0 saturated heterocycles. The monoisotopic (exact) mass is 306 g/mol. The molecule has 0 bridgehead atoms. The van der Waals surface area contributed by atoms with Crippen LogP contribution in [-0.4, -0.2) is 15.1 Å². The molecule has 0 fully saturated rings. The first-order valence-electron chi connectivity index (χ1n) is 6.61. The minimum atomic E-state index is -0.296. The molecule has 110 valence electrons. The third kappa shape index (κ3) is 1.94. The molecule has 6 nitrogen and oxygen atoms in total. The fraction of sp³-hybridized carbons (Fsp3) is 0.286. The maximum Gasteiger partial charge on any atom is 0.276 e. The van der Waals surface area contributed by atoms with Crippen molar-refractivity contribution in [1.29, 1.82) is 0 Å². The highest BCUT2D eigenvalue weighted by Crippen LogP contribution is 2.28. The Kier molecular flexibility index (Phi) is 3.06. The van der Waals surface area contributed by atoms with Crippen LogP contribution in [0.15, 0.2) is 32.7 Å². The summed E-state index contributed by atoms with van der Waals surface area (Å²) in [5.74, 6) is 0.118. The van der Waals surface area contributed by atoms with Crippen LogP contribution in [0.25, 0.3) is 6.08 Å². The second-order valence-corrected chi connectivity index (χ2v) is 5.57. The van der Waals surface area contributed by atoms with Gasteiger partial charge in [-0.15, -0.1) is 0 Å². The number of nitrogens with zero attached hydrogens (tertiary/aromatic N) is 2. The predicted octanol–water partition coefficient (Wildman–Crippen LogP) is 0.957. The Labute approximate surface area is 125 Å². The molecular formula is C14H15ClN4O2. The fourth-order valence-corrected chi connectivity index (χ4v) is 2.93. The maximum atomic E-state index is 12.3. The van der Waals surface area contributed by atoms with Gasteiger partial charge in [-0.25, -0.2) is 4.68 Å². The smallest absolute Gasteiger partial charge is 0.276 e. The van der Waals surface area contributed by atoms with Gasteiger partial charge >= 0.3 is 0 Å². The summed E-state index contributed by atoms with van der Waals surface area (Å²) < 4.78 is 3.38. The minimum absolute atomic E-state index is 0.0216. The summed E-state index contributed by atoms with van der Waals surface area (Å²) in [5, 5.41) is -0.0216. The topological polar surface area (TPSA) is 96.0 Å². The van der Waals surface area contributed by atoms with Crippen LogP contribution in [0.3, 0.4) is 0 Å². The van der Waals surface area contributed by atoms with E-state index in [0.717, 1.165) is 13.0 Å². The Balaban J connectivity index is 2.16. The Morgan fingerprint density at radius 2 is 1.90 bits per heavy atom. The number of allylic oxidation sites excluding steroid dienone is 3. The number of hydrogen-bond acceptors (Lipinski definition) is 4. The Bertz CT molecular complexity index is 808. The van der Waals surface area contributed by atoms with E-state index in [1.54, 1.807) is 28.4 Å². The van der Waals surface area contributed by atoms with E-state index in [1.807, 2.05) is 0 Å². The number of hydrogen-bond donors (Lipinski definition) is 2. The number of aromatic nitrogens is 2. The van der Waals surface area contributed by atoms with Gasteiger partial charge in [0.25, 0.3) is 5.56 Å². The van der Waals surface area contributed by atoms with E-state index in [9.17, 15) is 9.59 Å². The highest BCUT2D eigenvalue weighted by molar-refractivity contribution is 6.46. The van der Waals surface area contributed by atoms with Crippen molar-refractivity contribution in [2.75, 3.05) is 5.73 Å². The van der Waals surface area contributed by atoms with E-state index in [0.29, 0.717) is 29.1 Å². The van der Waals surface area contributed by atoms with Gasteiger partial charge in [-0.2, -0.15) is 0 Å². The summed E-state index contributed by atoms with van der Waals surface area (Å²) in [4.78, 5) is 24.1. The van der Waals surface area contributed by atoms with E-state index < -0.39 is 0 Å². The largest absolute Gasteiger partial charge is 0.397 e. The Morgan fingerprint density at radius 1 is 1.24 bits per heavy atom. The Morgan fingerprint density at radius 3 is 2.57 bits per heavy atom. The van der Waals surface area contributed by atoms with Gasteiger partial charge in [0.1, 0.15) is 10.9 Å². The van der Waals surface area contributed by atoms with Gasteiger partial charge in [0.2, 0.25) is 5.78 Å². The molecule has 0 saturated carbocycles. The van der Waals surface area contributed by atoms with Crippen molar-refractivity contribution in [3.63, 3.8) is 0 Å². The summed E-state index contributed by atoms with van der Waals surface area (Å²) in [5.41, 5.74) is 13.3. The first-order chi connectivity index (χ1) is 9.91. The van der Waals surface area contributed by atoms with Crippen molar-refractivity contribution in [2.45, 2.75) is 26.4 Å². The van der Waals surface area contributed by atoms with E-state index in [4.69, 9.17) is 23.1 Å². The minimum Gasteiger partial charge on any atom is -0.397 e. The van der Waals surface area contributed by atoms with Crippen molar-refractivity contribution in [1.82, 2.24) is 9.36 Å². The average molecular weight is 307 g/mol. The molecule has 4 N–H and O–H groups in total. The molecule has 1 aliphatic heterocycles. The summed E-state index contributed by atoms with van der Waals surface area (Å²) in [6.45, 7) is 3.04. The van der Waals surface area contributed by atoms with Crippen LogP contribution >= 0.6 is 11.6 Å². The van der Waals surface area contributed by atoms with Crippen molar-refractivity contribution >= 4 is 29.3 Å². The molecule has 1 aromatic heterocycles. The third-order valence-corrected chi connectivity index (χ3v) is 4.20. The number of anilines is 1. The predicted molar refractivity (Wildman–Crippen MR) is 81.5 cm³/mol. The number of nitrogen functional groups attached to an aromatic ring is 1. The second kappa shape index (κ2) is 4.66. The fourth-order valence-electron chi connectivity index (χ4n) is 2.67. The summed E-state index contributed by atoms with van der Waals surface area (Å²) in [7, 11) is 0. The van der Waals surface area contributed by atoms with Crippen molar-refractivity contribution in [2.24, 2.45) is 5.73 Å². The van der Waals surface area contributed by atoms with E-state index in [-0.39, 0.29) is 22.1 Å². The third-order valence-electron chi connectivity index (χ3n) is 3.83. The molecule has 21 heavy (non-hydrogen) atoms. The van der Waals surface area contributed by atoms with Gasteiger partial charge in [0.05, 0.1) is 11.3 Å². The van der Waals surface area contributed by atoms with Crippen LogP contribution in [0, 0.1) is 0 Å². The van der Waals surface area contributed by atoms with Crippen LogP contribution < -0.4 is 17.0 Å². The number of carbonyl (C=O) groups is 1. The van der Waals surface area contributed by atoms with Crippen LogP contribution in [0.5, 0.6) is 0 Å². The molecule has 0 aromatic carbocycles. The highest BCUT2D eigenvalue weighted by atomic mass is 35.5. The maximum absolute atomic E-state index is 12.3. The number of nitrogens with two attached hydrogens (primary N) is 2. The lowest BCUT2D eigenvalue weighted by Gasteiger charge is -2.13. The van der Waals surface area contributed by atoms with Gasteiger partial charge in [-0.1, -0.05) is 11.6 Å². The number of carbonyl (C=O) groups excluding carboxylic acids is 1. The van der Waals surface area contributed by atoms with Crippen molar-refractivity contribution < 1.29 is 4.79 Å². The van der Waals surface area contributed by atoms with Crippen LogP contribution in [-0.2, 0) is 17.9 Å². The number of ketones is 1. The van der Waals surface area contributed by atoms with Gasteiger partial charge in [-0.3, -0.25) is 14.3 Å². The molecule has 7 heteroatoms. The lowest BCUT2D eigenvalue weighted by atomic mass is 9.97. The van der Waals surface area contributed by atoms with Crippen molar-refractivity contribution in [3.05, 3.63) is 43.9 Å². The van der Waals surface area contributed by atoms with Crippen LogP contribution in [0.2, 0.25) is 0 Å². The first-order valence-corrected chi connectivity index (χ1v) is 6.99. The molecule has 0 amide bonds. The summed E-state index contributed by atoms with van der Waals surface area (Å²) >= 11 is 5.93. The average Bonchev–Trinajstić information content (AvgIpc) is 3.02. The summed E-state index contributed by atoms with van der Waals surface area (Å²) in [6.07, 6.45) is 4.12. The van der Waals surface area contributed by atoms with Crippen LogP contribution in [0.4, 0.5) is 5.82 Å². The standard InChI is InChI=1S/C14H15ClN4O2/c1-7-5-8(11(16)10(15)12(7)20)6-9-13(17)18-3-2-4-19(18)14(9)21/h5-6H,2-4,16-17H2,1H3/b8-6+. The molecule has 3 rings (SSSR count). The van der Waals surface area contributed by atoms with Gasteiger partial charge in [-0.05, 0) is 31.1 Å². The SMILES string of the molecule is CC1=C/C(=C\c2c(N)n3n(c2=O)CCC3)C(N)=C(Cl)C1=O. The summed E-state index contributed by atoms with van der Waals surface area (Å²) in [6, 6.07) is 0.